The van der Waals surface area contributed by atoms with Crippen LogP contribution < -0.4 is 5.32 Å². The molecule has 3 rings (SSSR count). The Balaban J connectivity index is 1.99. The van der Waals surface area contributed by atoms with E-state index in [0.717, 1.165) is 22.4 Å². The van der Waals surface area contributed by atoms with Gasteiger partial charge in [-0.1, -0.05) is 42.5 Å². The monoisotopic (exact) mass is 337 g/mol. The Bertz CT molecular complexity index is 966. The van der Waals surface area contributed by atoms with Gasteiger partial charge in [0.05, 0.1) is 15.9 Å². The fourth-order valence-electron chi connectivity index (χ4n) is 2.85. The van der Waals surface area contributed by atoms with Gasteiger partial charge in [-0.3, -0.25) is 20.2 Å². The van der Waals surface area contributed by atoms with Crippen molar-refractivity contribution in [1.82, 2.24) is 0 Å². The quantitative estimate of drug-likeness (QED) is 0.531. The van der Waals surface area contributed by atoms with Gasteiger partial charge in [-0.2, -0.15) is 0 Å². The van der Waals surface area contributed by atoms with Crippen LogP contribution in [0.3, 0.4) is 0 Å². The van der Waals surface area contributed by atoms with Gasteiger partial charge in [-0.05, 0) is 29.3 Å². The number of fused-ring (bicyclic) bond motifs is 1. The molecule has 0 unspecified atom stereocenters. The number of hydrogen-bond acceptors (Lipinski definition) is 5. The van der Waals surface area contributed by atoms with E-state index in [-0.39, 0.29) is 23.1 Å². The van der Waals surface area contributed by atoms with Crippen LogP contribution in [0.4, 0.5) is 17.1 Å². The predicted molar refractivity (Wildman–Crippen MR) is 95.7 cm³/mol. The lowest BCUT2D eigenvalue weighted by Crippen LogP contribution is -2.09. The van der Waals surface area contributed by atoms with E-state index in [0.29, 0.717) is 0 Å². The largest absolute Gasteiger partial charge is 0.373 e. The van der Waals surface area contributed by atoms with E-state index in [2.05, 4.69) is 5.32 Å². The summed E-state index contributed by atoms with van der Waals surface area (Å²) in [6, 6.07) is 17.1. The third-order valence-corrected chi connectivity index (χ3v) is 4.05. The number of non-ortho nitro benzene ring substituents is 1. The molecule has 3 aromatic carbocycles. The summed E-state index contributed by atoms with van der Waals surface area (Å²) < 4.78 is 0. The first-order valence-electron chi connectivity index (χ1n) is 7.64. The maximum Gasteiger partial charge on any atom is 0.299 e. The highest BCUT2D eigenvalue weighted by molar-refractivity contribution is 5.86. The second kappa shape index (κ2) is 6.56. The molecule has 0 aliphatic rings. The Morgan fingerprint density at radius 3 is 2.36 bits per heavy atom. The normalized spacial score (nSPS) is 11.9. The molecule has 0 bridgehead atoms. The highest BCUT2D eigenvalue weighted by atomic mass is 16.6. The number of rotatable bonds is 5. The van der Waals surface area contributed by atoms with Crippen LogP contribution in [0.2, 0.25) is 0 Å². The van der Waals surface area contributed by atoms with Gasteiger partial charge in [-0.25, -0.2) is 0 Å². The summed E-state index contributed by atoms with van der Waals surface area (Å²) in [6.45, 7) is 1.90. The molecule has 1 atom stereocenters. The molecule has 0 amide bonds. The maximum absolute atomic E-state index is 11.3. The second-order valence-electron chi connectivity index (χ2n) is 5.65. The Hall–Kier alpha value is -3.48. The van der Waals surface area contributed by atoms with Crippen LogP contribution in [0.1, 0.15) is 18.5 Å². The third kappa shape index (κ3) is 3.25. The van der Waals surface area contributed by atoms with Crippen LogP contribution in [0.15, 0.2) is 60.7 Å². The molecular formula is C18H15N3O4. The first-order valence-corrected chi connectivity index (χ1v) is 7.64. The molecule has 0 saturated heterocycles. The minimum atomic E-state index is -0.648. The Labute approximate surface area is 143 Å². The topological polar surface area (TPSA) is 98.3 Å². The number of nitro groups is 2. The number of anilines is 1. The average Bonchev–Trinajstić information content (AvgIpc) is 2.61. The van der Waals surface area contributed by atoms with Gasteiger partial charge in [0.25, 0.3) is 11.4 Å². The molecule has 0 aromatic heterocycles. The minimum Gasteiger partial charge on any atom is -0.373 e. The van der Waals surface area contributed by atoms with Gasteiger partial charge >= 0.3 is 0 Å². The standard InChI is InChI=1S/C18H15N3O4/c1-12(15-8-4-6-13-5-2-3-7-16(13)15)19-17-10-9-14(20(22)23)11-18(17)21(24)25/h2-12,19H,1H3/t12-/m0/s1. The first-order chi connectivity index (χ1) is 12.0. The summed E-state index contributed by atoms with van der Waals surface area (Å²) in [5.41, 5.74) is 0.609. The van der Waals surface area contributed by atoms with E-state index in [4.69, 9.17) is 0 Å². The fraction of sp³-hybridized carbons (Fsp3) is 0.111. The summed E-state index contributed by atoms with van der Waals surface area (Å²) in [6.07, 6.45) is 0. The SMILES string of the molecule is C[C@H](Nc1ccc([N+](=O)[O-])cc1[N+](=O)[O-])c1cccc2ccccc12. The molecule has 3 aromatic rings. The summed E-state index contributed by atoms with van der Waals surface area (Å²) in [5.74, 6) is 0. The molecule has 0 fully saturated rings. The van der Waals surface area contributed by atoms with Crippen molar-refractivity contribution in [3.8, 4) is 0 Å². The molecule has 126 valence electrons. The van der Waals surface area contributed by atoms with E-state index >= 15 is 0 Å². The lowest BCUT2D eigenvalue weighted by Gasteiger charge is -2.17. The highest BCUT2D eigenvalue weighted by Crippen LogP contribution is 2.33. The van der Waals surface area contributed by atoms with Gasteiger partial charge in [0.15, 0.2) is 0 Å². The highest BCUT2D eigenvalue weighted by Gasteiger charge is 2.21. The lowest BCUT2D eigenvalue weighted by molar-refractivity contribution is -0.393. The number of nitro benzene ring substituents is 2. The molecule has 0 saturated carbocycles. The maximum atomic E-state index is 11.3. The average molecular weight is 337 g/mol. The zero-order chi connectivity index (χ0) is 18.0. The van der Waals surface area contributed by atoms with Gasteiger partial charge < -0.3 is 5.32 Å². The number of nitrogens with one attached hydrogen (secondary N) is 1. The van der Waals surface area contributed by atoms with Crippen molar-refractivity contribution in [1.29, 1.82) is 0 Å². The summed E-state index contributed by atoms with van der Waals surface area (Å²) in [7, 11) is 0. The first kappa shape index (κ1) is 16.4. The van der Waals surface area contributed by atoms with Crippen molar-refractivity contribution in [2.24, 2.45) is 0 Å². The van der Waals surface area contributed by atoms with Crippen molar-refractivity contribution in [3.05, 3.63) is 86.5 Å². The van der Waals surface area contributed by atoms with E-state index in [9.17, 15) is 20.2 Å². The Morgan fingerprint density at radius 1 is 0.920 bits per heavy atom. The van der Waals surface area contributed by atoms with Crippen molar-refractivity contribution in [2.75, 3.05) is 5.32 Å². The smallest absolute Gasteiger partial charge is 0.299 e. The summed E-state index contributed by atoms with van der Waals surface area (Å²) in [4.78, 5) is 20.8. The van der Waals surface area contributed by atoms with E-state index in [1.807, 2.05) is 49.4 Å². The summed E-state index contributed by atoms with van der Waals surface area (Å²) in [5, 5.41) is 27.3. The molecule has 0 heterocycles. The lowest BCUT2D eigenvalue weighted by atomic mass is 9.99. The number of hydrogen-bond donors (Lipinski definition) is 1. The molecule has 25 heavy (non-hydrogen) atoms. The van der Waals surface area contributed by atoms with Gasteiger partial charge in [-0.15, -0.1) is 0 Å². The van der Waals surface area contributed by atoms with E-state index in [1.165, 1.54) is 12.1 Å². The molecule has 1 N–H and O–H groups in total. The van der Waals surface area contributed by atoms with Crippen molar-refractivity contribution < 1.29 is 9.85 Å². The van der Waals surface area contributed by atoms with Crippen molar-refractivity contribution in [2.45, 2.75) is 13.0 Å². The van der Waals surface area contributed by atoms with Crippen LogP contribution in [0.25, 0.3) is 10.8 Å². The van der Waals surface area contributed by atoms with Gasteiger partial charge in [0.1, 0.15) is 5.69 Å². The minimum absolute atomic E-state index is 0.216. The van der Waals surface area contributed by atoms with Crippen molar-refractivity contribution >= 4 is 27.8 Å². The van der Waals surface area contributed by atoms with E-state index < -0.39 is 9.85 Å². The number of benzene rings is 3. The molecule has 0 spiro atoms. The number of nitrogens with zero attached hydrogens (tertiary/aromatic N) is 2. The van der Waals surface area contributed by atoms with Gasteiger partial charge in [0, 0.05) is 12.1 Å². The van der Waals surface area contributed by atoms with E-state index in [1.54, 1.807) is 0 Å². The van der Waals surface area contributed by atoms with Gasteiger partial charge in [0.2, 0.25) is 0 Å². The second-order valence-corrected chi connectivity index (χ2v) is 5.65. The van der Waals surface area contributed by atoms with Crippen LogP contribution >= 0.6 is 0 Å². The predicted octanol–water partition coefficient (Wildman–Crippen LogP) is 4.83. The van der Waals surface area contributed by atoms with Crippen LogP contribution in [0.5, 0.6) is 0 Å². The summed E-state index contributed by atoms with van der Waals surface area (Å²) >= 11 is 0. The zero-order valence-electron chi connectivity index (χ0n) is 13.4. The molecule has 0 radical (unpaired) electrons. The zero-order valence-corrected chi connectivity index (χ0v) is 13.4. The fourth-order valence-corrected chi connectivity index (χ4v) is 2.85. The molecule has 0 aliphatic heterocycles. The van der Waals surface area contributed by atoms with Crippen molar-refractivity contribution in [3.63, 3.8) is 0 Å². The molecule has 7 nitrogen and oxygen atoms in total. The van der Waals surface area contributed by atoms with Crippen LogP contribution in [-0.2, 0) is 0 Å². The van der Waals surface area contributed by atoms with Crippen LogP contribution in [0, 0.1) is 20.2 Å². The molecule has 0 aliphatic carbocycles. The third-order valence-electron chi connectivity index (χ3n) is 4.05. The Kier molecular flexibility index (Phi) is 4.30. The molecule has 7 heteroatoms. The Morgan fingerprint density at radius 2 is 1.64 bits per heavy atom. The van der Waals surface area contributed by atoms with Crippen LogP contribution in [-0.4, -0.2) is 9.85 Å². The molecular weight excluding hydrogens is 322 g/mol.